The number of ether oxygens (including phenoxy) is 1. The van der Waals surface area contributed by atoms with Gasteiger partial charge in [0.15, 0.2) is 0 Å². The molecule has 9 nitrogen and oxygen atoms in total. The van der Waals surface area contributed by atoms with E-state index in [1.165, 1.54) is 37.5 Å². The number of carbonyl (C=O) groups excluding carboxylic acids is 1. The van der Waals surface area contributed by atoms with Crippen LogP contribution in [-0.4, -0.2) is 43.8 Å². The maximum absolute atomic E-state index is 13.0. The van der Waals surface area contributed by atoms with Gasteiger partial charge in [0.05, 0.1) is 35.2 Å². The van der Waals surface area contributed by atoms with Crippen molar-refractivity contribution in [2.45, 2.75) is 18.7 Å². The molecule has 0 atom stereocenters. The number of nitro benzene ring substituents is 1. The summed E-state index contributed by atoms with van der Waals surface area (Å²) in [5.74, 6) is -0.541. The number of hydrogen-bond donors (Lipinski definition) is 1. The first kappa shape index (κ1) is 23.0. The third-order valence-electron chi connectivity index (χ3n) is 4.44. The van der Waals surface area contributed by atoms with Gasteiger partial charge in [0.2, 0.25) is 15.9 Å². The van der Waals surface area contributed by atoms with E-state index in [1.54, 1.807) is 19.1 Å². The molecule has 0 fully saturated rings. The average molecular weight is 433 g/mol. The zero-order valence-corrected chi connectivity index (χ0v) is 17.7. The second kappa shape index (κ2) is 9.51. The van der Waals surface area contributed by atoms with E-state index in [2.05, 4.69) is 11.9 Å². The van der Waals surface area contributed by atoms with Crippen LogP contribution in [0, 0.1) is 24.0 Å². The fraction of sp³-hybridized carbons (Fsp3) is 0.250. The quantitative estimate of drug-likeness (QED) is 0.369. The highest BCUT2D eigenvalue weighted by atomic mass is 32.2. The monoisotopic (exact) mass is 433 g/mol. The molecular weight excluding hydrogens is 410 g/mol. The topological polar surface area (TPSA) is 119 Å². The summed E-state index contributed by atoms with van der Waals surface area (Å²) in [5, 5.41) is 13.4. The highest BCUT2D eigenvalue weighted by Gasteiger charge is 2.26. The number of nitrogens with one attached hydrogen (secondary N) is 1. The standard InChI is InChI=1S/C20H23N3O6S/c1-5-10-22(30(27,28)17-8-6-14(2)15(3)11-17)13-20(24)21-18-9-7-16(23(25)26)12-19(18)29-4/h5-9,11-12H,1,10,13H2,2-4H3,(H,21,24). The summed E-state index contributed by atoms with van der Waals surface area (Å²) in [6.45, 7) is 6.70. The molecule has 0 saturated carbocycles. The number of amides is 1. The van der Waals surface area contributed by atoms with E-state index in [0.717, 1.165) is 15.4 Å². The SMILES string of the molecule is C=CCN(CC(=O)Nc1ccc([N+](=O)[O-])cc1OC)S(=O)(=O)c1ccc(C)c(C)c1. The predicted octanol–water partition coefficient (Wildman–Crippen LogP) is 3.04. The van der Waals surface area contributed by atoms with Crippen molar-refractivity contribution >= 4 is 27.3 Å². The van der Waals surface area contributed by atoms with E-state index < -0.39 is 27.4 Å². The summed E-state index contributed by atoms with van der Waals surface area (Å²) in [7, 11) is -2.63. The maximum atomic E-state index is 13.0. The summed E-state index contributed by atoms with van der Waals surface area (Å²) in [6, 6.07) is 8.46. The number of benzene rings is 2. The van der Waals surface area contributed by atoms with Gasteiger partial charge in [0.1, 0.15) is 5.75 Å². The lowest BCUT2D eigenvalue weighted by atomic mass is 10.1. The summed E-state index contributed by atoms with van der Waals surface area (Å²) >= 11 is 0. The van der Waals surface area contributed by atoms with Gasteiger partial charge in [-0.1, -0.05) is 12.1 Å². The Hall–Kier alpha value is -3.24. The minimum absolute atomic E-state index is 0.0694. The molecule has 0 bridgehead atoms. The zero-order chi connectivity index (χ0) is 22.5. The van der Waals surface area contributed by atoms with Crippen molar-refractivity contribution in [2.24, 2.45) is 0 Å². The lowest BCUT2D eigenvalue weighted by Gasteiger charge is -2.21. The molecule has 0 heterocycles. The molecule has 0 unspecified atom stereocenters. The number of non-ortho nitro benzene ring substituents is 1. The van der Waals surface area contributed by atoms with Gasteiger partial charge in [-0.2, -0.15) is 4.31 Å². The van der Waals surface area contributed by atoms with Crippen molar-refractivity contribution in [3.63, 3.8) is 0 Å². The predicted molar refractivity (Wildman–Crippen MR) is 113 cm³/mol. The smallest absolute Gasteiger partial charge is 0.273 e. The Bertz CT molecular complexity index is 1080. The van der Waals surface area contributed by atoms with Crippen LogP contribution < -0.4 is 10.1 Å². The number of sulfonamides is 1. The van der Waals surface area contributed by atoms with Gasteiger partial charge in [-0.05, 0) is 43.2 Å². The van der Waals surface area contributed by atoms with Crippen molar-refractivity contribution in [1.82, 2.24) is 4.31 Å². The number of rotatable bonds is 9. The van der Waals surface area contributed by atoms with Crippen LogP contribution in [0.15, 0.2) is 53.9 Å². The van der Waals surface area contributed by atoms with E-state index >= 15 is 0 Å². The van der Waals surface area contributed by atoms with Gasteiger partial charge in [0.25, 0.3) is 5.69 Å². The number of hydrogen-bond acceptors (Lipinski definition) is 6. The van der Waals surface area contributed by atoms with Crippen LogP contribution in [0.5, 0.6) is 5.75 Å². The summed E-state index contributed by atoms with van der Waals surface area (Å²) in [5.41, 5.74) is 1.76. The fourth-order valence-electron chi connectivity index (χ4n) is 2.66. The molecular formula is C20H23N3O6S. The van der Waals surface area contributed by atoms with Crippen LogP contribution in [0.4, 0.5) is 11.4 Å². The number of carbonyl (C=O) groups is 1. The lowest BCUT2D eigenvalue weighted by Crippen LogP contribution is -2.38. The molecule has 30 heavy (non-hydrogen) atoms. The number of nitro groups is 1. The molecule has 2 aromatic carbocycles. The molecule has 0 spiro atoms. The number of nitrogens with zero attached hydrogens (tertiary/aromatic N) is 2. The number of methoxy groups -OCH3 is 1. The molecule has 160 valence electrons. The van der Waals surface area contributed by atoms with E-state index in [4.69, 9.17) is 4.74 Å². The van der Waals surface area contributed by atoms with Gasteiger partial charge in [-0.3, -0.25) is 14.9 Å². The molecule has 10 heteroatoms. The summed E-state index contributed by atoms with van der Waals surface area (Å²) in [4.78, 5) is 22.9. The third-order valence-corrected chi connectivity index (χ3v) is 6.25. The minimum Gasteiger partial charge on any atom is -0.494 e. The highest BCUT2D eigenvalue weighted by Crippen LogP contribution is 2.29. The molecule has 0 aliphatic heterocycles. The Balaban J connectivity index is 2.26. The summed E-state index contributed by atoms with van der Waals surface area (Å²) in [6.07, 6.45) is 1.39. The fourth-order valence-corrected chi connectivity index (χ4v) is 4.11. The minimum atomic E-state index is -3.94. The molecule has 0 aliphatic carbocycles. The zero-order valence-electron chi connectivity index (χ0n) is 16.9. The summed E-state index contributed by atoms with van der Waals surface area (Å²) < 4.78 is 32.1. The van der Waals surface area contributed by atoms with E-state index in [-0.39, 0.29) is 28.6 Å². The van der Waals surface area contributed by atoms with Crippen LogP contribution in [0.3, 0.4) is 0 Å². The normalized spacial score (nSPS) is 11.2. The molecule has 1 N–H and O–H groups in total. The van der Waals surface area contributed by atoms with Crippen molar-refractivity contribution in [3.05, 3.63) is 70.3 Å². The van der Waals surface area contributed by atoms with E-state index in [0.29, 0.717) is 0 Å². The first-order valence-electron chi connectivity index (χ1n) is 8.90. The van der Waals surface area contributed by atoms with Gasteiger partial charge < -0.3 is 10.1 Å². The van der Waals surface area contributed by atoms with Crippen molar-refractivity contribution in [3.8, 4) is 5.75 Å². The molecule has 0 radical (unpaired) electrons. The van der Waals surface area contributed by atoms with Gasteiger partial charge in [-0.25, -0.2) is 8.42 Å². The first-order valence-corrected chi connectivity index (χ1v) is 10.3. The average Bonchev–Trinajstić information content (AvgIpc) is 2.69. The lowest BCUT2D eigenvalue weighted by molar-refractivity contribution is -0.384. The molecule has 1 amide bonds. The van der Waals surface area contributed by atoms with Crippen molar-refractivity contribution < 1.29 is 22.9 Å². The van der Waals surface area contributed by atoms with Crippen molar-refractivity contribution in [1.29, 1.82) is 0 Å². The molecule has 2 rings (SSSR count). The Morgan fingerprint density at radius 2 is 1.93 bits per heavy atom. The first-order chi connectivity index (χ1) is 14.1. The maximum Gasteiger partial charge on any atom is 0.273 e. The van der Waals surface area contributed by atoms with Crippen LogP contribution in [0.2, 0.25) is 0 Å². The van der Waals surface area contributed by atoms with E-state index in [9.17, 15) is 23.3 Å². The van der Waals surface area contributed by atoms with Gasteiger partial charge in [0, 0.05) is 12.6 Å². The number of aryl methyl sites for hydroxylation is 2. The molecule has 0 aliphatic rings. The van der Waals surface area contributed by atoms with Crippen LogP contribution >= 0.6 is 0 Å². The molecule has 2 aromatic rings. The van der Waals surface area contributed by atoms with Crippen LogP contribution in [0.1, 0.15) is 11.1 Å². The van der Waals surface area contributed by atoms with Crippen molar-refractivity contribution in [2.75, 3.05) is 25.5 Å². The number of anilines is 1. The Morgan fingerprint density at radius 1 is 1.23 bits per heavy atom. The van der Waals surface area contributed by atoms with Crippen LogP contribution in [0.25, 0.3) is 0 Å². The largest absolute Gasteiger partial charge is 0.494 e. The van der Waals surface area contributed by atoms with Gasteiger partial charge in [-0.15, -0.1) is 6.58 Å². The van der Waals surface area contributed by atoms with E-state index in [1.807, 2.05) is 6.92 Å². The van der Waals surface area contributed by atoms with Crippen LogP contribution in [-0.2, 0) is 14.8 Å². The highest BCUT2D eigenvalue weighted by molar-refractivity contribution is 7.89. The Labute approximate surface area is 175 Å². The third kappa shape index (κ3) is 5.22. The second-order valence-corrected chi connectivity index (χ2v) is 8.46. The van der Waals surface area contributed by atoms with Gasteiger partial charge >= 0.3 is 0 Å². The molecule has 0 aromatic heterocycles. The second-order valence-electron chi connectivity index (χ2n) is 6.52. The Morgan fingerprint density at radius 3 is 2.50 bits per heavy atom. The Kier molecular flexibility index (Phi) is 7.30. The molecule has 0 saturated heterocycles.